The van der Waals surface area contributed by atoms with Crippen molar-refractivity contribution >= 4 is 15.9 Å². The molecular weight excluding hydrogens is 292 g/mol. The van der Waals surface area contributed by atoms with Crippen LogP contribution in [0.4, 0.5) is 0 Å². The van der Waals surface area contributed by atoms with E-state index in [4.69, 9.17) is 0 Å². The lowest BCUT2D eigenvalue weighted by atomic mass is 10.2. The average Bonchev–Trinajstić information content (AvgIpc) is 2.53. The Morgan fingerprint density at radius 3 is 2.62 bits per heavy atom. The van der Waals surface area contributed by atoms with Crippen molar-refractivity contribution in [2.75, 3.05) is 38.5 Å². The van der Waals surface area contributed by atoms with Crippen LogP contribution in [0, 0.1) is 0 Å². The molecule has 1 saturated heterocycles. The summed E-state index contributed by atoms with van der Waals surface area (Å²) in [5.41, 5.74) is 0.906. The van der Waals surface area contributed by atoms with Crippen LogP contribution in [-0.4, -0.2) is 62.7 Å². The Kier molecular flexibility index (Phi) is 5.66. The van der Waals surface area contributed by atoms with Gasteiger partial charge in [0.15, 0.2) is 0 Å². The molecule has 0 unspecified atom stereocenters. The van der Waals surface area contributed by atoms with Crippen molar-refractivity contribution < 1.29 is 13.2 Å². The molecule has 0 spiro atoms. The molecule has 0 saturated carbocycles. The van der Waals surface area contributed by atoms with Crippen LogP contribution in [0.2, 0.25) is 0 Å². The molecule has 0 aliphatic carbocycles. The van der Waals surface area contributed by atoms with Crippen LogP contribution in [0.15, 0.2) is 24.5 Å². The van der Waals surface area contributed by atoms with Gasteiger partial charge in [-0.05, 0) is 24.1 Å². The van der Waals surface area contributed by atoms with Crippen LogP contribution >= 0.6 is 0 Å². The Balaban J connectivity index is 1.77. The number of amides is 1. The number of carbonyl (C=O) groups excluding carboxylic acids is 1. The number of nitrogens with one attached hydrogen (secondary N) is 2. The smallest absolute Gasteiger partial charge is 0.237 e. The third kappa shape index (κ3) is 5.41. The van der Waals surface area contributed by atoms with Gasteiger partial charge in [0, 0.05) is 38.6 Å². The average molecular weight is 312 g/mol. The maximum atomic E-state index is 11.9. The van der Waals surface area contributed by atoms with Crippen LogP contribution in [0.5, 0.6) is 0 Å². The van der Waals surface area contributed by atoms with E-state index >= 15 is 0 Å². The molecule has 8 heteroatoms. The second-order valence-electron chi connectivity index (χ2n) is 4.88. The van der Waals surface area contributed by atoms with E-state index in [1.807, 2.05) is 0 Å². The van der Waals surface area contributed by atoms with Gasteiger partial charge in [-0.25, -0.2) is 13.1 Å². The Morgan fingerprint density at radius 2 is 1.95 bits per heavy atom. The monoisotopic (exact) mass is 312 g/mol. The number of carbonyl (C=O) groups is 1. The number of sulfonamides is 1. The molecule has 1 aromatic rings. The molecule has 0 aromatic carbocycles. The van der Waals surface area contributed by atoms with Crippen molar-refractivity contribution in [2.24, 2.45) is 0 Å². The van der Waals surface area contributed by atoms with Crippen molar-refractivity contribution in [3.8, 4) is 0 Å². The molecule has 1 aliphatic heterocycles. The highest BCUT2D eigenvalue weighted by Gasteiger charge is 2.18. The number of aromatic nitrogens is 1. The van der Waals surface area contributed by atoms with Gasteiger partial charge in [-0.1, -0.05) is 0 Å². The molecule has 2 N–H and O–H groups in total. The number of pyridine rings is 1. The molecule has 1 aliphatic rings. The van der Waals surface area contributed by atoms with Crippen molar-refractivity contribution in [1.29, 1.82) is 0 Å². The Labute approximate surface area is 124 Å². The van der Waals surface area contributed by atoms with Gasteiger partial charge >= 0.3 is 0 Å². The highest BCUT2D eigenvalue weighted by Crippen LogP contribution is 2.00. The molecule has 0 bridgehead atoms. The van der Waals surface area contributed by atoms with E-state index in [0.717, 1.165) is 18.7 Å². The van der Waals surface area contributed by atoms with Gasteiger partial charge in [0.05, 0.1) is 12.3 Å². The summed E-state index contributed by atoms with van der Waals surface area (Å²) < 4.78 is 26.1. The lowest BCUT2D eigenvalue weighted by molar-refractivity contribution is -0.130. The third-order valence-electron chi connectivity index (χ3n) is 3.32. The first kappa shape index (κ1) is 15.9. The predicted octanol–water partition coefficient (Wildman–Crippen LogP) is -1.02. The number of aryl methyl sites for hydroxylation is 1. The lowest BCUT2D eigenvalue weighted by Gasteiger charge is -2.27. The van der Waals surface area contributed by atoms with E-state index in [1.54, 1.807) is 29.4 Å². The quantitative estimate of drug-likeness (QED) is 0.701. The largest absolute Gasteiger partial charge is 0.339 e. The van der Waals surface area contributed by atoms with Crippen LogP contribution in [0.1, 0.15) is 5.56 Å². The molecule has 1 amide bonds. The van der Waals surface area contributed by atoms with Gasteiger partial charge in [0.25, 0.3) is 0 Å². The molecule has 2 rings (SSSR count). The van der Waals surface area contributed by atoms with Gasteiger partial charge in [0.2, 0.25) is 15.9 Å². The summed E-state index contributed by atoms with van der Waals surface area (Å²) in [5, 5.41) is 3.14. The molecule has 7 nitrogen and oxygen atoms in total. The Morgan fingerprint density at radius 1 is 1.29 bits per heavy atom. The SMILES string of the molecule is O=C(CNS(=O)(=O)CCc1ccncc1)N1CCNCC1. The molecular formula is C13H20N4O3S. The first-order chi connectivity index (χ1) is 10.1. The van der Waals surface area contributed by atoms with Crippen LogP contribution in [0.3, 0.4) is 0 Å². The van der Waals surface area contributed by atoms with E-state index < -0.39 is 10.0 Å². The fraction of sp³-hybridized carbons (Fsp3) is 0.538. The van der Waals surface area contributed by atoms with Gasteiger partial charge in [-0.3, -0.25) is 9.78 Å². The number of rotatable bonds is 6. The van der Waals surface area contributed by atoms with E-state index in [0.29, 0.717) is 19.5 Å². The lowest BCUT2D eigenvalue weighted by Crippen LogP contribution is -2.49. The van der Waals surface area contributed by atoms with Crippen molar-refractivity contribution in [2.45, 2.75) is 6.42 Å². The summed E-state index contributed by atoms with van der Waals surface area (Å²) in [6.45, 7) is 2.58. The van der Waals surface area contributed by atoms with Crippen LogP contribution in [0.25, 0.3) is 0 Å². The number of hydrogen-bond donors (Lipinski definition) is 2. The second kappa shape index (κ2) is 7.48. The molecule has 116 valence electrons. The van der Waals surface area contributed by atoms with E-state index in [-0.39, 0.29) is 18.2 Å². The van der Waals surface area contributed by atoms with Crippen molar-refractivity contribution in [1.82, 2.24) is 19.9 Å². The molecule has 2 heterocycles. The predicted molar refractivity (Wildman–Crippen MR) is 79.2 cm³/mol. The highest BCUT2D eigenvalue weighted by molar-refractivity contribution is 7.89. The fourth-order valence-corrected chi connectivity index (χ4v) is 3.06. The summed E-state index contributed by atoms with van der Waals surface area (Å²) >= 11 is 0. The molecule has 1 aromatic heterocycles. The molecule has 1 fully saturated rings. The molecule has 21 heavy (non-hydrogen) atoms. The van der Waals surface area contributed by atoms with E-state index in [9.17, 15) is 13.2 Å². The standard InChI is InChI=1S/C13H20N4O3S/c18-13(17-8-6-15-7-9-17)11-16-21(19,20)10-3-12-1-4-14-5-2-12/h1-2,4-5,15-16H,3,6-11H2. The second-order valence-corrected chi connectivity index (χ2v) is 6.80. The maximum Gasteiger partial charge on any atom is 0.237 e. The van der Waals surface area contributed by atoms with Gasteiger partial charge in [-0.2, -0.15) is 0 Å². The zero-order valence-electron chi connectivity index (χ0n) is 11.8. The van der Waals surface area contributed by atoms with Crippen molar-refractivity contribution in [3.05, 3.63) is 30.1 Å². The number of nitrogens with zero attached hydrogens (tertiary/aromatic N) is 2. The van der Waals surface area contributed by atoms with E-state index in [2.05, 4.69) is 15.0 Å². The van der Waals surface area contributed by atoms with Crippen LogP contribution in [-0.2, 0) is 21.2 Å². The van der Waals surface area contributed by atoms with Crippen LogP contribution < -0.4 is 10.0 Å². The summed E-state index contributed by atoms with van der Waals surface area (Å²) in [5.74, 6) is -0.213. The Hall–Kier alpha value is -1.51. The van der Waals surface area contributed by atoms with Gasteiger partial charge in [-0.15, -0.1) is 0 Å². The number of hydrogen-bond acceptors (Lipinski definition) is 5. The zero-order valence-corrected chi connectivity index (χ0v) is 12.6. The minimum absolute atomic E-state index is 0.0359. The Bertz CT molecular complexity index is 556. The van der Waals surface area contributed by atoms with Gasteiger partial charge in [0.1, 0.15) is 0 Å². The number of piperazine rings is 1. The summed E-state index contributed by atoms with van der Waals surface area (Å²) in [6.07, 6.45) is 3.66. The first-order valence-corrected chi connectivity index (χ1v) is 8.57. The zero-order chi connectivity index (χ0) is 15.1. The van der Waals surface area contributed by atoms with Crippen molar-refractivity contribution in [3.63, 3.8) is 0 Å². The topological polar surface area (TPSA) is 91.4 Å². The molecule has 0 atom stereocenters. The highest BCUT2D eigenvalue weighted by atomic mass is 32.2. The maximum absolute atomic E-state index is 11.9. The van der Waals surface area contributed by atoms with Gasteiger partial charge < -0.3 is 10.2 Å². The minimum atomic E-state index is -3.45. The summed E-state index contributed by atoms with van der Waals surface area (Å²) in [7, 11) is -3.45. The normalized spacial score (nSPS) is 15.9. The first-order valence-electron chi connectivity index (χ1n) is 6.91. The summed E-state index contributed by atoms with van der Waals surface area (Å²) in [4.78, 5) is 17.4. The third-order valence-corrected chi connectivity index (χ3v) is 4.65. The fourth-order valence-electron chi connectivity index (χ4n) is 2.07. The molecule has 0 radical (unpaired) electrons. The summed E-state index contributed by atoms with van der Waals surface area (Å²) in [6, 6.07) is 3.56. The minimum Gasteiger partial charge on any atom is -0.339 e. The van der Waals surface area contributed by atoms with E-state index in [1.165, 1.54) is 0 Å².